The van der Waals surface area contributed by atoms with E-state index in [1.165, 1.54) is 11.3 Å². The molecule has 0 fully saturated rings. The van der Waals surface area contributed by atoms with E-state index in [9.17, 15) is 0 Å². The van der Waals surface area contributed by atoms with Crippen molar-refractivity contribution in [2.45, 2.75) is 33.6 Å². The third-order valence-electron chi connectivity index (χ3n) is 3.27. The van der Waals surface area contributed by atoms with Crippen LogP contribution in [0, 0.1) is 11.8 Å². The molecule has 0 radical (unpaired) electrons. The SMILES string of the molecule is CC(C)Cc1ccc(N(C)CC(C)CCN)cc1. The molecule has 0 bridgehead atoms. The zero-order chi connectivity index (χ0) is 13.5. The maximum absolute atomic E-state index is 5.59. The van der Waals surface area contributed by atoms with Gasteiger partial charge in [0.2, 0.25) is 0 Å². The first-order valence-electron chi connectivity index (χ1n) is 7.03. The van der Waals surface area contributed by atoms with Crippen LogP contribution in [-0.4, -0.2) is 20.1 Å². The summed E-state index contributed by atoms with van der Waals surface area (Å²) in [4.78, 5) is 2.32. The van der Waals surface area contributed by atoms with E-state index in [-0.39, 0.29) is 0 Å². The molecule has 0 saturated heterocycles. The number of anilines is 1. The van der Waals surface area contributed by atoms with Crippen molar-refractivity contribution >= 4 is 5.69 Å². The first-order chi connectivity index (χ1) is 8.52. The van der Waals surface area contributed by atoms with Crippen LogP contribution in [0.15, 0.2) is 24.3 Å². The molecule has 1 unspecified atom stereocenters. The van der Waals surface area contributed by atoms with Crippen molar-refractivity contribution in [2.75, 3.05) is 25.0 Å². The van der Waals surface area contributed by atoms with E-state index >= 15 is 0 Å². The molecule has 1 atom stereocenters. The van der Waals surface area contributed by atoms with Crippen molar-refractivity contribution < 1.29 is 0 Å². The molecule has 0 aliphatic rings. The van der Waals surface area contributed by atoms with E-state index in [4.69, 9.17) is 5.73 Å². The largest absolute Gasteiger partial charge is 0.374 e. The van der Waals surface area contributed by atoms with Crippen molar-refractivity contribution in [1.29, 1.82) is 0 Å². The van der Waals surface area contributed by atoms with E-state index in [2.05, 4.69) is 57.0 Å². The standard InChI is InChI=1S/C16H28N2/c1-13(2)11-15-5-7-16(8-6-15)18(4)12-14(3)9-10-17/h5-8,13-14H,9-12,17H2,1-4H3. The number of benzene rings is 1. The highest BCUT2D eigenvalue weighted by Gasteiger charge is 2.07. The lowest BCUT2D eigenvalue weighted by atomic mass is 10.0. The molecule has 1 rings (SSSR count). The molecule has 2 nitrogen and oxygen atoms in total. The van der Waals surface area contributed by atoms with Gasteiger partial charge < -0.3 is 10.6 Å². The summed E-state index contributed by atoms with van der Waals surface area (Å²) in [6, 6.07) is 8.96. The summed E-state index contributed by atoms with van der Waals surface area (Å²) in [6.45, 7) is 8.63. The van der Waals surface area contributed by atoms with Gasteiger partial charge in [-0.2, -0.15) is 0 Å². The molecule has 0 aliphatic heterocycles. The molecular formula is C16H28N2. The number of hydrogen-bond donors (Lipinski definition) is 1. The minimum Gasteiger partial charge on any atom is -0.374 e. The highest BCUT2D eigenvalue weighted by atomic mass is 15.1. The minimum atomic E-state index is 0.648. The molecule has 2 heteroatoms. The van der Waals surface area contributed by atoms with Crippen LogP contribution in [0.5, 0.6) is 0 Å². The van der Waals surface area contributed by atoms with Gasteiger partial charge in [0, 0.05) is 19.3 Å². The zero-order valence-corrected chi connectivity index (χ0v) is 12.3. The van der Waals surface area contributed by atoms with Gasteiger partial charge in [0.1, 0.15) is 0 Å². The van der Waals surface area contributed by atoms with E-state index in [1.54, 1.807) is 0 Å². The third kappa shape index (κ3) is 5.09. The van der Waals surface area contributed by atoms with Gasteiger partial charge in [0.15, 0.2) is 0 Å². The molecule has 0 amide bonds. The summed E-state index contributed by atoms with van der Waals surface area (Å²) < 4.78 is 0. The molecule has 2 N–H and O–H groups in total. The van der Waals surface area contributed by atoms with Crippen LogP contribution < -0.4 is 10.6 Å². The number of nitrogens with two attached hydrogens (primary N) is 1. The monoisotopic (exact) mass is 248 g/mol. The average Bonchev–Trinajstić information content (AvgIpc) is 2.29. The lowest BCUT2D eigenvalue weighted by molar-refractivity contribution is 0.539. The van der Waals surface area contributed by atoms with Crippen molar-refractivity contribution in [3.8, 4) is 0 Å². The molecule has 0 heterocycles. The van der Waals surface area contributed by atoms with Crippen LogP contribution in [0.4, 0.5) is 5.69 Å². The average molecular weight is 248 g/mol. The Morgan fingerprint density at radius 1 is 1.11 bits per heavy atom. The molecule has 0 aliphatic carbocycles. The molecule has 1 aromatic carbocycles. The second-order valence-corrected chi connectivity index (χ2v) is 5.83. The molecule has 18 heavy (non-hydrogen) atoms. The smallest absolute Gasteiger partial charge is 0.0363 e. The fraction of sp³-hybridized carbons (Fsp3) is 0.625. The van der Waals surface area contributed by atoms with Gasteiger partial charge in [-0.3, -0.25) is 0 Å². The summed E-state index contributed by atoms with van der Waals surface area (Å²) >= 11 is 0. The lowest BCUT2D eigenvalue weighted by Crippen LogP contribution is -2.25. The topological polar surface area (TPSA) is 29.3 Å². The molecule has 1 aromatic rings. The quantitative estimate of drug-likeness (QED) is 0.802. The zero-order valence-electron chi connectivity index (χ0n) is 12.3. The minimum absolute atomic E-state index is 0.648. The van der Waals surface area contributed by atoms with Crippen molar-refractivity contribution in [1.82, 2.24) is 0 Å². The number of hydrogen-bond acceptors (Lipinski definition) is 2. The van der Waals surface area contributed by atoms with Gasteiger partial charge in [-0.15, -0.1) is 0 Å². The Morgan fingerprint density at radius 2 is 1.72 bits per heavy atom. The highest BCUT2D eigenvalue weighted by Crippen LogP contribution is 2.17. The second kappa shape index (κ2) is 7.42. The van der Waals surface area contributed by atoms with E-state index in [1.807, 2.05) is 0 Å². The molecular weight excluding hydrogens is 220 g/mol. The maximum Gasteiger partial charge on any atom is 0.0363 e. The Kier molecular flexibility index (Phi) is 6.20. The van der Waals surface area contributed by atoms with Crippen molar-refractivity contribution in [3.63, 3.8) is 0 Å². The Hall–Kier alpha value is -1.02. The van der Waals surface area contributed by atoms with Crippen LogP contribution in [-0.2, 0) is 6.42 Å². The summed E-state index contributed by atoms with van der Waals surface area (Å²) in [7, 11) is 2.16. The maximum atomic E-state index is 5.59. The summed E-state index contributed by atoms with van der Waals surface area (Å²) in [5.41, 5.74) is 8.32. The fourth-order valence-electron chi connectivity index (χ4n) is 2.31. The van der Waals surface area contributed by atoms with Gasteiger partial charge in [0.25, 0.3) is 0 Å². The van der Waals surface area contributed by atoms with Crippen LogP contribution in [0.1, 0.15) is 32.8 Å². The van der Waals surface area contributed by atoms with E-state index in [0.717, 1.165) is 31.8 Å². The predicted molar refractivity (Wildman–Crippen MR) is 81.1 cm³/mol. The molecule has 0 saturated carbocycles. The Morgan fingerprint density at radius 3 is 2.22 bits per heavy atom. The van der Waals surface area contributed by atoms with E-state index < -0.39 is 0 Å². The number of rotatable bonds is 7. The Labute approximate surface area is 112 Å². The second-order valence-electron chi connectivity index (χ2n) is 5.83. The van der Waals surface area contributed by atoms with Crippen LogP contribution in [0.2, 0.25) is 0 Å². The van der Waals surface area contributed by atoms with Gasteiger partial charge in [-0.05, 0) is 48.9 Å². The van der Waals surface area contributed by atoms with Gasteiger partial charge in [-0.1, -0.05) is 32.9 Å². The summed E-state index contributed by atoms with van der Waals surface area (Å²) in [6.07, 6.45) is 2.25. The van der Waals surface area contributed by atoms with Crippen molar-refractivity contribution in [2.24, 2.45) is 17.6 Å². The normalized spacial score (nSPS) is 12.8. The first kappa shape index (κ1) is 15.0. The fourth-order valence-corrected chi connectivity index (χ4v) is 2.31. The Balaban J connectivity index is 2.55. The van der Waals surface area contributed by atoms with Crippen LogP contribution in [0.25, 0.3) is 0 Å². The third-order valence-corrected chi connectivity index (χ3v) is 3.27. The van der Waals surface area contributed by atoms with Crippen LogP contribution >= 0.6 is 0 Å². The first-order valence-corrected chi connectivity index (χ1v) is 7.03. The predicted octanol–water partition coefficient (Wildman–Crippen LogP) is 3.31. The number of nitrogens with zero attached hydrogens (tertiary/aromatic N) is 1. The lowest BCUT2D eigenvalue weighted by Gasteiger charge is -2.23. The van der Waals surface area contributed by atoms with Gasteiger partial charge in [-0.25, -0.2) is 0 Å². The van der Waals surface area contributed by atoms with Gasteiger partial charge in [0.05, 0.1) is 0 Å². The summed E-state index contributed by atoms with van der Waals surface area (Å²) in [5, 5.41) is 0. The van der Waals surface area contributed by atoms with Crippen LogP contribution in [0.3, 0.4) is 0 Å². The molecule has 0 spiro atoms. The summed E-state index contributed by atoms with van der Waals surface area (Å²) in [5.74, 6) is 1.37. The van der Waals surface area contributed by atoms with Crippen molar-refractivity contribution in [3.05, 3.63) is 29.8 Å². The molecule has 0 aromatic heterocycles. The molecule has 102 valence electrons. The van der Waals surface area contributed by atoms with Gasteiger partial charge >= 0.3 is 0 Å². The highest BCUT2D eigenvalue weighted by molar-refractivity contribution is 5.46. The Bertz CT molecular complexity index is 329. The van der Waals surface area contributed by atoms with E-state index in [0.29, 0.717) is 5.92 Å².